The summed E-state index contributed by atoms with van der Waals surface area (Å²) >= 11 is 0. The van der Waals surface area contributed by atoms with Gasteiger partial charge in [0.15, 0.2) is 6.29 Å². The molecular weight excluding hydrogens is 332 g/mol. The van der Waals surface area contributed by atoms with Gasteiger partial charge in [-0.25, -0.2) is 10.3 Å². The Morgan fingerprint density at radius 1 is 1.15 bits per heavy atom. The van der Waals surface area contributed by atoms with Gasteiger partial charge in [0, 0.05) is 31.4 Å². The number of carbonyl (C=O) groups excluding carboxylic acids is 2. The van der Waals surface area contributed by atoms with Gasteiger partial charge in [-0.3, -0.25) is 9.59 Å². The van der Waals surface area contributed by atoms with Crippen LogP contribution in [0.5, 0.6) is 0 Å². The van der Waals surface area contributed by atoms with Gasteiger partial charge in [-0.15, -0.1) is 0 Å². The molecule has 2 unspecified atom stereocenters. The summed E-state index contributed by atoms with van der Waals surface area (Å²) in [5.41, 5.74) is 3.33. The third-order valence-electron chi connectivity index (χ3n) is 4.98. The summed E-state index contributed by atoms with van der Waals surface area (Å²) in [5, 5.41) is 2.08. The van der Waals surface area contributed by atoms with Crippen LogP contribution in [-0.2, 0) is 19.2 Å². The molecule has 0 aromatic heterocycles. The summed E-state index contributed by atoms with van der Waals surface area (Å²) in [6, 6.07) is 13.8. The molecule has 26 heavy (non-hydrogen) atoms. The molecule has 6 nitrogen and oxygen atoms in total. The monoisotopic (exact) mass is 354 g/mol. The lowest BCUT2D eigenvalue weighted by atomic mass is 10.1. The van der Waals surface area contributed by atoms with Crippen LogP contribution in [0.15, 0.2) is 42.5 Å². The number of anilines is 1. The second-order valence-corrected chi connectivity index (χ2v) is 6.78. The first-order valence-corrected chi connectivity index (χ1v) is 9.07. The van der Waals surface area contributed by atoms with Crippen molar-refractivity contribution in [3.05, 3.63) is 42.5 Å². The van der Waals surface area contributed by atoms with E-state index in [2.05, 4.69) is 5.48 Å². The van der Waals surface area contributed by atoms with Crippen LogP contribution in [0, 0.1) is 5.92 Å². The number of nitrogens with zero attached hydrogens (tertiary/aromatic N) is 1. The number of carbonyl (C=O) groups is 2. The van der Waals surface area contributed by atoms with Gasteiger partial charge in [-0.05, 0) is 24.3 Å². The van der Waals surface area contributed by atoms with E-state index in [4.69, 9.17) is 9.57 Å². The zero-order valence-corrected chi connectivity index (χ0v) is 14.5. The van der Waals surface area contributed by atoms with Gasteiger partial charge in [0.1, 0.15) is 0 Å². The van der Waals surface area contributed by atoms with E-state index in [0.29, 0.717) is 13.2 Å². The van der Waals surface area contributed by atoms with Crippen molar-refractivity contribution in [3.63, 3.8) is 0 Å². The Bertz CT molecular complexity index is 811. The van der Waals surface area contributed by atoms with Crippen LogP contribution in [0.4, 0.5) is 5.69 Å². The molecule has 2 atom stereocenters. The minimum Gasteiger partial charge on any atom is -0.350 e. The maximum absolute atomic E-state index is 12.5. The average Bonchev–Trinajstić information content (AvgIpc) is 3.08. The van der Waals surface area contributed by atoms with Gasteiger partial charge in [0.05, 0.1) is 11.6 Å². The van der Waals surface area contributed by atoms with Crippen molar-refractivity contribution in [2.24, 2.45) is 5.92 Å². The normalized spacial score (nSPS) is 23.4. The summed E-state index contributed by atoms with van der Waals surface area (Å²) in [5.74, 6) is -0.740. The van der Waals surface area contributed by atoms with E-state index in [9.17, 15) is 9.59 Å². The van der Waals surface area contributed by atoms with Gasteiger partial charge in [0.2, 0.25) is 11.8 Å². The van der Waals surface area contributed by atoms with Crippen LogP contribution >= 0.6 is 0 Å². The Morgan fingerprint density at radius 2 is 2.00 bits per heavy atom. The third kappa shape index (κ3) is 3.43. The molecule has 2 fully saturated rings. The molecule has 1 N–H and O–H groups in total. The number of hydrogen-bond donors (Lipinski definition) is 1. The average molecular weight is 354 g/mol. The van der Waals surface area contributed by atoms with Crippen molar-refractivity contribution in [2.45, 2.75) is 32.0 Å². The third-order valence-corrected chi connectivity index (χ3v) is 4.98. The Hall–Kier alpha value is -2.44. The Labute approximate surface area is 152 Å². The largest absolute Gasteiger partial charge is 0.350 e. The molecule has 136 valence electrons. The molecule has 6 heteroatoms. The molecule has 0 spiro atoms. The van der Waals surface area contributed by atoms with E-state index in [-0.39, 0.29) is 24.5 Å². The first-order chi connectivity index (χ1) is 12.7. The van der Waals surface area contributed by atoms with Crippen molar-refractivity contribution in [3.8, 4) is 0 Å². The zero-order valence-electron chi connectivity index (χ0n) is 14.5. The van der Waals surface area contributed by atoms with Crippen molar-refractivity contribution in [2.75, 3.05) is 18.1 Å². The van der Waals surface area contributed by atoms with E-state index < -0.39 is 5.92 Å². The van der Waals surface area contributed by atoms with Crippen molar-refractivity contribution >= 4 is 28.3 Å². The minimum atomic E-state index is -0.426. The number of rotatable bonds is 4. The van der Waals surface area contributed by atoms with E-state index in [1.54, 1.807) is 4.90 Å². The van der Waals surface area contributed by atoms with Gasteiger partial charge >= 0.3 is 0 Å². The number of hydrogen-bond acceptors (Lipinski definition) is 4. The summed E-state index contributed by atoms with van der Waals surface area (Å²) in [4.78, 5) is 32.0. The van der Waals surface area contributed by atoms with E-state index in [1.807, 2.05) is 42.5 Å². The molecule has 2 heterocycles. The van der Waals surface area contributed by atoms with Gasteiger partial charge in [-0.2, -0.15) is 0 Å². The molecule has 0 radical (unpaired) electrons. The lowest BCUT2D eigenvalue weighted by Gasteiger charge is -2.23. The predicted octanol–water partition coefficient (Wildman–Crippen LogP) is 2.77. The van der Waals surface area contributed by atoms with E-state index >= 15 is 0 Å². The highest BCUT2D eigenvalue weighted by Crippen LogP contribution is 2.31. The van der Waals surface area contributed by atoms with Gasteiger partial charge in [-0.1, -0.05) is 36.4 Å². The number of ether oxygens (including phenoxy) is 1. The standard InChI is InChI=1S/C20H22N2O4/c23-18-12-15(20(24)21-26-19-10-3-4-11-25-19)13-22(18)17-9-5-7-14-6-1-2-8-16(14)17/h1-2,5-9,15,19H,3-4,10-13H2,(H,21,24). The second kappa shape index (κ2) is 7.43. The van der Waals surface area contributed by atoms with Crippen molar-refractivity contribution in [1.82, 2.24) is 5.48 Å². The van der Waals surface area contributed by atoms with Crippen LogP contribution in [0.1, 0.15) is 25.7 Å². The fourth-order valence-corrected chi connectivity index (χ4v) is 3.57. The Kier molecular flexibility index (Phi) is 4.86. The first-order valence-electron chi connectivity index (χ1n) is 9.07. The van der Waals surface area contributed by atoms with Gasteiger partial charge < -0.3 is 9.64 Å². The molecule has 0 aliphatic carbocycles. The SMILES string of the molecule is O=C(NOC1CCCCO1)C1CC(=O)N(c2cccc3ccccc23)C1. The van der Waals surface area contributed by atoms with Crippen LogP contribution < -0.4 is 10.4 Å². The number of fused-ring (bicyclic) bond motifs is 1. The molecule has 0 saturated carbocycles. The van der Waals surface area contributed by atoms with E-state index in [0.717, 1.165) is 35.7 Å². The smallest absolute Gasteiger partial charge is 0.249 e. The quantitative estimate of drug-likeness (QED) is 0.858. The van der Waals surface area contributed by atoms with Gasteiger partial charge in [0.25, 0.3) is 0 Å². The van der Waals surface area contributed by atoms with Crippen molar-refractivity contribution < 1.29 is 19.2 Å². The fraction of sp³-hybridized carbons (Fsp3) is 0.400. The second-order valence-electron chi connectivity index (χ2n) is 6.78. The number of benzene rings is 2. The highest BCUT2D eigenvalue weighted by Gasteiger charge is 2.36. The highest BCUT2D eigenvalue weighted by atomic mass is 16.8. The Balaban J connectivity index is 1.44. The maximum Gasteiger partial charge on any atom is 0.249 e. The molecule has 2 amide bonds. The minimum absolute atomic E-state index is 0.0459. The van der Waals surface area contributed by atoms with E-state index in [1.165, 1.54) is 0 Å². The predicted molar refractivity (Wildman–Crippen MR) is 97.2 cm³/mol. The highest BCUT2D eigenvalue weighted by molar-refractivity contribution is 6.06. The summed E-state index contributed by atoms with van der Waals surface area (Å²) < 4.78 is 5.44. The fourth-order valence-electron chi connectivity index (χ4n) is 3.57. The first kappa shape index (κ1) is 17.0. The number of nitrogens with one attached hydrogen (secondary N) is 1. The molecule has 2 saturated heterocycles. The van der Waals surface area contributed by atoms with Crippen LogP contribution in [0.3, 0.4) is 0 Å². The number of amides is 2. The molecule has 0 bridgehead atoms. The lowest BCUT2D eigenvalue weighted by Crippen LogP contribution is -2.37. The zero-order chi connectivity index (χ0) is 17.9. The maximum atomic E-state index is 12.5. The molecule has 2 aliphatic rings. The molecule has 2 aliphatic heterocycles. The van der Waals surface area contributed by atoms with Crippen LogP contribution in [-0.4, -0.2) is 31.3 Å². The molecule has 2 aromatic rings. The van der Waals surface area contributed by atoms with Crippen LogP contribution in [0.2, 0.25) is 0 Å². The molecule has 4 rings (SSSR count). The molecule has 2 aromatic carbocycles. The summed E-state index contributed by atoms with van der Waals surface area (Å²) in [6.07, 6.45) is 2.61. The summed E-state index contributed by atoms with van der Waals surface area (Å²) in [6.45, 7) is 1.00. The number of hydroxylamine groups is 1. The summed E-state index contributed by atoms with van der Waals surface area (Å²) in [7, 11) is 0. The van der Waals surface area contributed by atoms with Crippen LogP contribution in [0.25, 0.3) is 10.8 Å². The van der Waals surface area contributed by atoms with Crippen molar-refractivity contribution in [1.29, 1.82) is 0 Å². The Morgan fingerprint density at radius 3 is 2.85 bits per heavy atom. The lowest BCUT2D eigenvalue weighted by molar-refractivity contribution is -0.201. The molecular formula is C20H22N2O4. The topological polar surface area (TPSA) is 67.9 Å².